The predicted molar refractivity (Wildman–Crippen MR) is 58.9 cm³/mol. The van der Waals surface area contributed by atoms with Gasteiger partial charge in [0.25, 0.3) is 0 Å². The molecule has 0 saturated heterocycles. The van der Waals surface area contributed by atoms with E-state index >= 15 is 0 Å². The van der Waals surface area contributed by atoms with Gasteiger partial charge in [0.1, 0.15) is 0 Å². The summed E-state index contributed by atoms with van der Waals surface area (Å²) in [5.74, 6) is 0. The van der Waals surface area contributed by atoms with Gasteiger partial charge in [-0.2, -0.15) is 0 Å². The van der Waals surface area contributed by atoms with Gasteiger partial charge in [-0.15, -0.1) is 0 Å². The highest BCUT2D eigenvalue weighted by atomic mass is 16.4. The van der Waals surface area contributed by atoms with Crippen LogP contribution in [-0.4, -0.2) is 18.0 Å². The summed E-state index contributed by atoms with van der Waals surface area (Å²) in [5.41, 5.74) is 9.82. The number of hydrogen-bond acceptors (Lipinski definition) is 3. The van der Waals surface area contributed by atoms with E-state index < -0.39 is 0 Å². The number of oxime groups is 1. The summed E-state index contributed by atoms with van der Waals surface area (Å²) in [6.07, 6.45) is 4.95. The molecule has 0 bridgehead atoms. The Morgan fingerprint density at radius 2 is 2.20 bits per heavy atom. The quantitative estimate of drug-likeness (QED) is 0.200. The van der Waals surface area contributed by atoms with Crippen LogP contribution in [0.15, 0.2) is 40.6 Å². The van der Waals surface area contributed by atoms with Crippen molar-refractivity contribution in [3.8, 4) is 0 Å². The molecule has 0 amide bonds. The maximum atomic E-state index is 8.35. The molecule has 0 unspecified atom stereocenters. The third-order valence-corrected chi connectivity index (χ3v) is 1.68. The number of rotatable bonds is 4. The van der Waals surface area contributed by atoms with Crippen molar-refractivity contribution in [2.75, 3.05) is 6.54 Å². The molecule has 15 heavy (non-hydrogen) atoms. The Kier molecular flexibility index (Phi) is 4.50. The van der Waals surface area contributed by atoms with Gasteiger partial charge in [-0.1, -0.05) is 40.6 Å². The molecule has 76 valence electrons. The smallest absolute Gasteiger partial charge is 0.0734 e. The maximum Gasteiger partial charge on any atom is 0.0734 e. The fourth-order valence-electron chi connectivity index (χ4n) is 1.08. The van der Waals surface area contributed by atoms with Gasteiger partial charge in [0.2, 0.25) is 0 Å². The Hall–Kier alpha value is -2.26. The molecule has 0 aliphatic heterocycles. The molecule has 1 N–H and O–H groups in total. The van der Waals surface area contributed by atoms with E-state index in [2.05, 4.69) is 15.2 Å². The molecule has 0 atom stereocenters. The highest BCUT2D eigenvalue weighted by Crippen LogP contribution is 2.05. The van der Waals surface area contributed by atoms with Crippen molar-refractivity contribution in [2.45, 2.75) is 0 Å². The molecule has 0 aliphatic rings. The second-order valence-corrected chi connectivity index (χ2v) is 2.73. The van der Waals surface area contributed by atoms with Crippen LogP contribution < -0.4 is 0 Å². The molecule has 0 aromatic heterocycles. The van der Waals surface area contributed by atoms with Crippen molar-refractivity contribution in [2.24, 2.45) is 10.3 Å². The van der Waals surface area contributed by atoms with Crippen molar-refractivity contribution in [3.05, 3.63) is 51.9 Å². The van der Waals surface area contributed by atoms with Gasteiger partial charge in [-0.25, -0.2) is 0 Å². The summed E-state index contributed by atoms with van der Waals surface area (Å²) in [6.45, 7) is 0.328. The number of hydrogen-bond donors (Lipinski definition) is 1. The lowest BCUT2D eigenvalue weighted by molar-refractivity contribution is 0.322. The van der Waals surface area contributed by atoms with E-state index in [0.717, 1.165) is 11.1 Å². The molecule has 0 heterocycles. The van der Waals surface area contributed by atoms with Crippen molar-refractivity contribution >= 4 is 12.3 Å². The van der Waals surface area contributed by atoms with Crippen molar-refractivity contribution in [3.63, 3.8) is 0 Å². The van der Waals surface area contributed by atoms with Crippen molar-refractivity contribution in [1.82, 2.24) is 0 Å². The molecule has 1 rings (SSSR count). The zero-order valence-electron chi connectivity index (χ0n) is 7.98. The molecule has 0 radical (unpaired) electrons. The van der Waals surface area contributed by atoms with E-state index in [0.29, 0.717) is 6.54 Å². The summed E-state index contributed by atoms with van der Waals surface area (Å²) in [6, 6.07) is 7.43. The molecule has 1 aromatic rings. The average molecular weight is 202 g/mol. The standard InChI is InChI=1S/C10H10N4O/c11-14-12-6-2-5-9-3-1-4-10(7-9)8-13-15/h1-5,7-8,15H,6H2. The van der Waals surface area contributed by atoms with Crippen LogP contribution in [0.2, 0.25) is 0 Å². The highest BCUT2D eigenvalue weighted by Gasteiger charge is 1.89. The van der Waals surface area contributed by atoms with Crippen LogP contribution in [0.1, 0.15) is 11.1 Å². The molecule has 5 nitrogen and oxygen atoms in total. The Balaban J connectivity index is 2.72. The summed E-state index contributed by atoms with van der Waals surface area (Å²) in [7, 11) is 0. The van der Waals surface area contributed by atoms with Gasteiger partial charge in [0.15, 0.2) is 0 Å². The van der Waals surface area contributed by atoms with Crippen LogP contribution in [0.5, 0.6) is 0 Å². The number of benzene rings is 1. The van der Waals surface area contributed by atoms with Crippen LogP contribution in [0.4, 0.5) is 0 Å². The monoisotopic (exact) mass is 202 g/mol. The zero-order valence-corrected chi connectivity index (χ0v) is 7.98. The molecular formula is C10H10N4O. The van der Waals surface area contributed by atoms with Gasteiger partial charge < -0.3 is 5.21 Å². The Morgan fingerprint density at radius 1 is 1.40 bits per heavy atom. The van der Waals surface area contributed by atoms with Gasteiger partial charge >= 0.3 is 0 Å². The van der Waals surface area contributed by atoms with E-state index in [1.807, 2.05) is 30.3 Å². The molecule has 1 aromatic carbocycles. The molecule has 5 heteroatoms. The minimum absolute atomic E-state index is 0.328. The zero-order chi connectivity index (χ0) is 10.9. The minimum atomic E-state index is 0.328. The van der Waals surface area contributed by atoms with E-state index in [1.54, 1.807) is 6.08 Å². The summed E-state index contributed by atoms with van der Waals surface area (Å²) >= 11 is 0. The Labute approximate surface area is 87.0 Å². The molecular weight excluding hydrogens is 192 g/mol. The average Bonchev–Trinajstić information content (AvgIpc) is 2.26. The van der Waals surface area contributed by atoms with Crippen LogP contribution >= 0.6 is 0 Å². The topological polar surface area (TPSA) is 81.4 Å². The summed E-state index contributed by atoms with van der Waals surface area (Å²) in [4.78, 5) is 2.63. The minimum Gasteiger partial charge on any atom is -0.411 e. The van der Waals surface area contributed by atoms with Crippen molar-refractivity contribution < 1.29 is 5.21 Å². The molecule has 0 spiro atoms. The van der Waals surface area contributed by atoms with E-state index in [-0.39, 0.29) is 0 Å². The van der Waals surface area contributed by atoms with Crippen molar-refractivity contribution in [1.29, 1.82) is 0 Å². The SMILES string of the molecule is [N-]=[N+]=NCC=Cc1cccc(C=NO)c1. The Bertz CT molecular complexity index is 419. The van der Waals surface area contributed by atoms with Crippen LogP contribution in [0.3, 0.4) is 0 Å². The number of azide groups is 1. The maximum absolute atomic E-state index is 8.35. The molecule has 0 saturated carbocycles. The van der Waals surface area contributed by atoms with Crippen LogP contribution in [-0.2, 0) is 0 Å². The third-order valence-electron chi connectivity index (χ3n) is 1.68. The first kappa shape index (κ1) is 10.8. The molecule has 0 aliphatic carbocycles. The lowest BCUT2D eigenvalue weighted by Gasteiger charge is -1.94. The molecule has 0 fully saturated rings. The van der Waals surface area contributed by atoms with Crippen LogP contribution in [0.25, 0.3) is 16.5 Å². The van der Waals surface area contributed by atoms with E-state index in [1.165, 1.54) is 6.21 Å². The largest absolute Gasteiger partial charge is 0.411 e. The van der Waals surface area contributed by atoms with E-state index in [4.69, 9.17) is 10.7 Å². The first-order valence-corrected chi connectivity index (χ1v) is 4.31. The van der Waals surface area contributed by atoms with Gasteiger partial charge in [-0.3, -0.25) is 0 Å². The Morgan fingerprint density at radius 3 is 2.93 bits per heavy atom. The van der Waals surface area contributed by atoms with Gasteiger partial charge in [0, 0.05) is 11.5 Å². The normalized spacial score (nSPS) is 10.7. The van der Waals surface area contributed by atoms with E-state index in [9.17, 15) is 0 Å². The highest BCUT2D eigenvalue weighted by molar-refractivity contribution is 5.80. The summed E-state index contributed by atoms with van der Waals surface area (Å²) < 4.78 is 0. The van der Waals surface area contributed by atoms with Gasteiger partial charge in [0.05, 0.1) is 6.21 Å². The third kappa shape index (κ3) is 3.97. The van der Waals surface area contributed by atoms with Crippen LogP contribution in [0, 0.1) is 0 Å². The fourth-order valence-corrected chi connectivity index (χ4v) is 1.08. The lowest BCUT2D eigenvalue weighted by Crippen LogP contribution is -1.81. The first-order chi connectivity index (χ1) is 7.36. The summed E-state index contributed by atoms with van der Waals surface area (Å²) in [5, 5.41) is 14.7. The first-order valence-electron chi connectivity index (χ1n) is 4.31. The second kappa shape index (κ2) is 6.23. The predicted octanol–water partition coefficient (Wildman–Crippen LogP) is 2.82. The number of nitrogens with zero attached hydrogens (tertiary/aromatic N) is 4. The van der Waals surface area contributed by atoms with Gasteiger partial charge in [-0.05, 0) is 22.7 Å². The fraction of sp³-hybridized carbons (Fsp3) is 0.100. The lowest BCUT2D eigenvalue weighted by atomic mass is 10.1. The second-order valence-electron chi connectivity index (χ2n) is 2.73.